The van der Waals surface area contributed by atoms with Gasteiger partial charge in [-0.2, -0.15) is 0 Å². The fraction of sp³-hybridized carbons (Fsp3) is 0.417. The molecule has 0 atom stereocenters. The summed E-state index contributed by atoms with van der Waals surface area (Å²) in [4.78, 5) is 12.6. The molecule has 0 saturated carbocycles. The largest absolute Gasteiger partial charge is 0.480 e. The molecule has 0 amide bonds. The molecule has 1 rings (SSSR count). The Balaban J connectivity index is 2.82. The number of anilines is 2. The van der Waals surface area contributed by atoms with Gasteiger partial charge in [-0.25, -0.2) is 0 Å². The predicted molar refractivity (Wildman–Crippen MR) is 65.6 cm³/mol. The summed E-state index contributed by atoms with van der Waals surface area (Å²) in [6.07, 6.45) is 1.99. The first-order valence-corrected chi connectivity index (χ1v) is 5.46. The van der Waals surface area contributed by atoms with Crippen molar-refractivity contribution < 1.29 is 9.90 Å². The molecule has 4 heteroatoms. The van der Waals surface area contributed by atoms with E-state index in [-0.39, 0.29) is 6.54 Å². The minimum atomic E-state index is -0.834. The van der Waals surface area contributed by atoms with Gasteiger partial charge in [0.2, 0.25) is 0 Å². The molecule has 0 fully saturated rings. The second-order valence-electron chi connectivity index (χ2n) is 3.73. The van der Waals surface area contributed by atoms with Gasteiger partial charge < -0.3 is 15.7 Å². The van der Waals surface area contributed by atoms with Crippen molar-refractivity contribution in [1.82, 2.24) is 0 Å². The molecular weight excluding hydrogens is 204 g/mol. The van der Waals surface area contributed by atoms with Crippen LogP contribution < -0.4 is 10.6 Å². The zero-order valence-electron chi connectivity index (χ0n) is 9.52. The molecule has 1 aromatic rings. The van der Waals surface area contributed by atoms with Crippen LogP contribution in [0.1, 0.15) is 19.8 Å². The van der Waals surface area contributed by atoms with E-state index in [1.54, 1.807) is 11.0 Å². The summed E-state index contributed by atoms with van der Waals surface area (Å²) in [5, 5.41) is 8.85. The Morgan fingerprint density at radius 2 is 2.12 bits per heavy atom. The number of carboxylic acid groups (broad SMARTS) is 1. The minimum absolute atomic E-state index is 0.00574. The Morgan fingerprint density at radius 1 is 1.44 bits per heavy atom. The number of unbranched alkanes of at least 4 members (excludes halogenated alkanes) is 1. The van der Waals surface area contributed by atoms with E-state index in [0.717, 1.165) is 25.1 Å². The third-order valence-corrected chi connectivity index (χ3v) is 2.39. The number of carbonyl (C=O) groups is 1. The molecule has 0 aromatic heterocycles. The molecule has 0 bridgehead atoms. The zero-order chi connectivity index (χ0) is 12.0. The summed E-state index contributed by atoms with van der Waals surface area (Å²) in [6.45, 7) is 2.79. The number of hydrogen-bond acceptors (Lipinski definition) is 3. The van der Waals surface area contributed by atoms with E-state index in [1.807, 2.05) is 18.2 Å². The summed E-state index contributed by atoms with van der Waals surface area (Å²) < 4.78 is 0. The fourth-order valence-electron chi connectivity index (χ4n) is 1.57. The van der Waals surface area contributed by atoms with Crippen LogP contribution in [0.4, 0.5) is 11.4 Å². The third kappa shape index (κ3) is 3.46. The van der Waals surface area contributed by atoms with Crippen molar-refractivity contribution in [3.05, 3.63) is 24.3 Å². The topological polar surface area (TPSA) is 66.6 Å². The lowest BCUT2D eigenvalue weighted by Gasteiger charge is -2.24. The van der Waals surface area contributed by atoms with Gasteiger partial charge in [0, 0.05) is 6.54 Å². The molecule has 0 radical (unpaired) electrons. The van der Waals surface area contributed by atoms with E-state index in [1.165, 1.54) is 0 Å². The summed E-state index contributed by atoms with van der Waals surface area (Å²) >= 11 is 0. The van der Waals surface area contributed by atoms with Gasteiger partial charge in [0.15, 0.2) is 0 Å². The van der Waals surface area contributed by atoms with Crippen molar-refractivity contribution in [2.45, 2.75) is 19.8 Å². The highest BCUT2D eigenvalue weighted by Crippen LogP contribution is 2.22. The van der Waals surface area contributed by atoms with Gasteiger partial charge in [0.1, 0.15) is 6.54 Å². The number of rotatable bonds is 6. The van der Waals surface area contributed by atoms with Crippen molar-refractivity contribution >= 4 is 17.3 Å². The monoisotopic (exact) mass is 222 g/mol. The van der Waals surface area contributed by atoms with Gasteiger partial charge in [0.25, 0.3) is 0 Å². The van der Waals surface area contributed by atoms with Gasteiger partial charge in [-0.15, -0.1) is 0 Å². The number of carboxylic acids is 1. The second kappa shape index (κ2) is 6.00. The quantitative estimate of drug-likeness (QED) is 0.722. The van der Waals surface area contributed by atoms with Gasteiger partial charge in [-0.1, -0.05) is 25.5 Å². The number of benzene rings is 1. The van der Waals surface area contributed by atoms with E-state index in [9.17, 15) is 4.79 Å². The fourth-order valence-corrected chi connectivity index (χ4v) is 1.57. The standard InChI is InChI=1S/C12H18N2O2/c1-2-3-8-14(9-12(15)16)11-7-5-4-6-10(11)13/h4-7H,2-3,8-9,13H2,1H3,(H,15,16). The van der Waals surface area contributed by atoms with Crippen LogP contribution in [0.25, 0.3) is 0 Å². The smallest absolute Gasteiger partial charge is 0.323 e. The molecule has 0 heterocycles. The Kier molecular flexibility index (Phi) is 4.64. The van der Waals surface area contributed by atoms with Crippen molar-refractivity contribution in [2.75, 3.05) is 23.7 Å². The first-order chi connectivity index (χ1) is 7.65. The molecule has 3 N–H and O–H groups in total. The number of hydrogen-bond donors (Lipinski definition) is 2. The molecular formula is C12H18N2O2. The van der Waals surface area contributed by atoms with Crippen molar-refractivity contribution in [3.8, 4) is 0 Å². The van der Waals surface area contributed by atoms with Crippen molar-refractivity contribution in [2.24, 2.45) is 0 Å². The first kappa shape index (κ1) is 12.4. The summed E-state index contributed by atoms with van der Waals surface area (Å²) in [7, 11) is 0. The average molecular weight is 222 g/mol. The van der Waals surface area contributed by atoms with Gasteiger partial charge in [-0.05, 0) is 18.6 Å². The van der Waals surface area contributed by atoms with E-state index in [4.69, 9.17) is 10.8 Å². The predicted octanol–water partition coefficient (Wildman–Crippen LogP) is 1.96. The van der Waals surface area contributed by atoms with Crippen LogP contribution in [-0.2, 0) is 4.79 Å². The van der Waals surface area contributed by atoms with Gasteiger partial charge in [0.05, 0.1) is 11.4 Å². The second-order valence-corrected chi connectivity index (χ2v) is 3.73. The normalized spacial score (nSPS) is 10.1. The van der Waals surface area contributed by atoms with Gasteiger partial charge in [-0.3, -0.25) is 4.79 Å². The lowest BCUT2D eigenvalue weighted by Crippen LogP contribution is -2.31. The maximum absolute atomic E-state index is 10.8. The maximum atomic E-state index is 10.8. The van der Waals surface area contributed by atoms with Crippen LogP contribution in [0.2, 0.25) is 0 Å². The van der Waals surface area contributed by atoms with Crippen LogP contribution in [0.5, 0.6) is 0 Å². The lowest BCUT2D eigenvalue weighted by molar-refractivity contribution is -0.135. The molecule has 0 unspecified atom stereocenters. The number of nitrogens with two attached hydrogens (primary N) is 1. The highest BCUT2D eigenvalue weighted by molar-refractivity contribution is 5.77. The Labute approximate surface area is 95.7 Å². The molecule has 0 aliphatic rings. The molecule has 88 valence electrons. The Bertz CT molecular complexity index is 353. The SMILES string of the molecule is CCCCN(CC(=O)O)c1ccccc1N. The van der Waals surface area contributed by atoms with Crippen molar-refractivity contribution in [1.29, 1.82) is 0 Å². The zero-order valence-corrected chi connectivity index (χ0v) is 9.52. The molecule has 0 saturated heterocycles. The molecule has 16 heavy (non-hydrogen) atoms. The highest BCUT2D eigenvalue weighted by atomic mass is 16.4. The molecule has 0 aliphatic heterocycles. The Morgan fingerprint density at radius 3 is 2.69 bits per heavy atom. The number of nitrogens with zero attached hydrogens (tertiary/aromatic N) is 1. The highest BCUT2D eigenvalue weighted by Gasteiger charge is 2.11. The number of aliphatic carboxylic acids is 1. The first-order valence-electron chi connectivity index (χ1n) is 5.46. The number of nitrogen functional groups attached to an aromatic ring is 1. The van der Waals surface area contributed by atoms with E-state index in [0.29, 0.717) is 5.69 Å². The Hall–Kier alpha value is -1.71. The number of para-hydroxylation sites is 2. The van der Waals surface area contributed by atoms with Crippen LogP contribution in [-0.4, -0.2) is 24.2 Å². The molecule has 0 aliphatic carbocycles. The van der Waals surface area contributed by atoms with E-state index < -0.39 is 5.97 Å². The third-order valence-electron chi connectivity index (χ3n) is 2.39. The summed E-state index contributed by atoms with van der Waals surface area (Å²) in [5.41, 5.74) is 7.26. The molecule has 0 spiro atoms. The molecule has 4 nitrogen and oxygen atoms in total. The van der Waals surface area contributed by atoms with Crippen LogP contribution in [0, 0.1) is 0 Å². The lowest BCUT2D eigenvalue weighted by atomic mass is 10.2. The van der Waals surface area contributed by atoms with E-state index >= 15 is 0 Å². The minimum Gasteiger partial charge on any atom is -0.480 e. The van der Waals surface area contributed by atoms with Crippen LogP contribution in [0.15, 0.2) is 24.3 Å². The average Bonchev–Trinajstić information content (AvgIpc) is 2.24. The summed E-state index contributed by atoms with van der Waals surface area (Å²) in [6, 6.07) is 7.36. The van der Waals surface area contributed by atoms with E-state index in [2.05, 4.69) is 6.92 Å². The van der Waals surface area contributed by atoms with Crippen molar-refractivity contribution in [3.63, 3.8) is 0 Å². The van der Waals surface area contributed by atoms with Crippen LogP contribution in [0.3, 0.4) is 0 Å². The maximum Gasteiger partial charge on any atom is 0.323 e. The summed E-state index contributed by atoms with van der Waals surface area (Å²) in [5.74, 6) is -0.834. The molecule has 1 aromatic carbocycles. The van der Waals surface area contributed by atoms with Crippen LogP contribution >= 0.6 is 0 Å². The van der Waals surface area contributed by atoms with Gasteiger partial charge >= 0.3 is 5.97 Å².